The molecule has 0 radical (unpaired) electrons. The lowest BCUT2D eigenvalue weighted by Gasteiger charge is -2.28. The minimum absolute atomic E-state index is 0.0449. The SMILES string of the molecule is CC(O)CC(C)(C)c1cccc2ccncc12. The van der Waals surface area contributed by atoms with Gasteiger partial charge in [-0.05, 0) is 35.8 Å². The Bertz CT molecular complexity index is 512. The lowest BCUT2D eigenvalue weighted by molar-refractivity contribution is 0.157. The third-order valence-electron chi connectivity index (χ3n) is 3.22. The Morgan fingerprint density at radius 1 is 1.29 bits per heavy atom. The van der Waals surface area contributed by atoms with E-state index in [1.165, 1.54) is 16.3 Å². The van der Waals surface area contributed by atoms with E-state index in [0.717, 1.165) is 6.42 Å². The van der Waals surface area contributed by atoms with E-state index < -0.39 is 0 Å². The first-order valence-electron chi connectivity index (χ1n) is 6.02. The zero-order valence-corrected chi connectivity index (χ0v) is 10.6. The van der Waals surface area contributed by atoms with Crippen LogP contribution in [-0.2, 0) is 5.41 Å². The van der Waals surface area contributed by atoms with Crippen molar-refractivity contribution in [2.75, 3.05) is 0 Å². The highest BCUT2D eigenvalue weighted by Gasteiger charge is 2.24. The summed E-state index contributed by atoms with van der Waals surface area (Å²) in [6, 6.07) is 8.32. The molecule has 1 atom stereocenters. The van der Waals surface area contributed by atoms with E-state index in [1.54, 1.807) is 0 Å². The molecular weight excluding hydrogens is 210 g/mol. The Kier molecular flexibility index (Phi) is 3.16. The number of nitrogens with zero attached hydrogens (tertiary/aromatic N) is 1. The second-order valence-electron chi connectivity index (χ2n) is 5.34. The summed E-state index contributed by atoms with van der Waals surface area (Å²) in [7, 11) is 0. The average molecular weight is 229 g/mol. The summed E-state index contributed by atoms with van der Waals surface area (Å²) >= 11 is 0. The Morgan fingerprint density at radius 3 is 2.76 bits per heavy atom. The van der Waals surface area contributed by atoms with Crippen molar-refractivity contribution in [3.05, 3.63) is 42.2 Å². The standard InChI is InChI=1S/C15H19NO/c1-11(17)9-15(2,3)14-6-4-5-12-7-8-16-10-13(12)14/h4-8,10-11,17H,9H2,1-3H3. The first-order chi connectivity index (χ1) is 8.00. The van der Waals surface area contributed by atoms with E-state index >= 15 is 0 Å². The molecule has 1 heterocycles. The Balaban J connectivity index is 2.55. The van der Waals surface area contributed by atoms with Gasteiger partial charge in [0.05, 0.1) is 6.10 Å². The normalized spacial score (nSPS) is 13.9. The molecule has 0 saturated carbocycles. The highest BCUT2D eigenvalue weighted by Crippen LogP contribution is 2.33. The fraction of sp³-hybridized carbons (Fsp3) is 0.400. The van der Waals surface area contributed by atoms with Crippen LogP contribution in [0.25, 0.3) is 10.8 Å². The number of fused-ring (bicyclic) bond motifs is 1. The molecule has 0 fully saturated rings. The van der Waals surface area contributed by atoms with E-state index in [0.29, 0.717) is 0 Å². The van der Waals surface area contributed by atoms with Gasteiger partial charge in [-0.25, -0.2) is 0 Å². The first kappa shape index (κ1) is 12.1. The molecule has 0 amide bonds. The molecule has 0 spiro atoms. The van der Waals surface area contributed by atoms with Crippen LogP contribution in [0.5, 0.6) is 0 Å². The van der Waals surface area contributed by atoms with Crippen LogP contribution < -0.4 is 0 Å². The topological polar surface area (TPSA) is 33.1 Å². The molecule has 1 N–H and O–H groups in total. The molecule has 2 rings (SSSR count). The molecule has 90 valence electrons. The highest BCUT2D eigenvalue weighted by molar-refractivity contribution is 5.85. The van der Waals surface area contributed by atoms with Crippen molar-refractivity contribution in [1.29, 1.82) is 0 Å². The summed E-state index contributed by atoms with van der Waals surface area (Å²) in [6.07, 6.45) is 4.18. The van der Waals surface area contributed by atoms with Crippen molar-refractivity contribution in [3.63, 3.8) is 0 Å². The van der Waals surface area contributed by atoms with Crippen LogP contribution in [0.3, 0.4) is 0 Å². The van der Waals surface area contributed by atoms with Gasteiger partial charge in [0.15, 0.2) is 0 Å². The number of hydrogen-bond donors (Lipinski definition) is 1. The van der Waals surface area contributed by atoms with Crippen molar-refractivity contribution in [2.45, 2.75) is 38.7 Å². The average Bonchev–Trinajstić information content (AvgIpc) is 2.26. The van der Waals surface area contributed by atoms with Gasteiger partial charge in [-0.15, -0.1) is 0 Å². The monoisotopic (exact) mass is 229 g/mol. The van der Waals surface area contributed by atoms with Crippen LogP contribution in [0.2, 0.25) is 0 Å². The van der Waals surface area contributed by atoms with E-state index in [4.69, 9.17) is 0 Å². The van der Waals surface area contributed by atoms with Gasteiger partial charge in [-0.2, -0.15) is 0 Å². The summed E-state index contributed by atoms with van der Waals surface area (Å²) in [5.41, 5.74) is 1.21. The molecular formula is C15H19NO. The van der Waals surface area contributed by atoms with Crippen LogP contribution in [-0.4, -0.2) is 16.2 Å². The van der Waals surface area contributed by atoms with Crippen LogP contribution >= 0.6 is 0 Å². The number of aromatic nitrogens is 1. The van der Waals surface area contributed by atoms with E-state index in [9.17, 15) is 5.11 Å². The number of benzene rings is 1. The van der Waals surface area contributed by atoms with Crippen molar-refractivity contribution in [1.82, 2.24) is 4.98 Å². The minimum Gasteiger partial charge on any atom is -0.393 e. The molecule has 0 saturated heterocycles. The van der Waals surface area contributed by atoms with Crippen LogP contribution in [0.4, 0.5) is 0 Å². The zero-order chi connectivity index (χ0) is 12.5. The molecule has 2 aromatic rings. The van der Waals surface area contributed by atoms with Gasteiger partial charge in [0, 0.05) is 17.8 Å². The maximum Gasteiger partial charge on any atom is 0.0520 e. The van der Waals surface area contributed by atoms with Gasteiger partial charge in [0.2, 0.25) is 0 Å². The predicted molar refractivity (Wildman–Crippen MR) is 71.1 cm³/mol. The molecule has 1 aromatic carbocycles. The lowest BCUT2D eigenvalue weighted by atomic mass is 9.78. The summed E-state index contributed by atoms with van der Waals surface area (Å²) in [5.74, 6) is 0. The maximum absolute atomic E-state index is 9.61. The fourth-order valence-electron chi connectivity index (χ4n) is 2.55. The maximum atomic E-state index is 9.61. The van der Waals surface area contributed by atoms with Crippen LogP contribution in [0.15, 0.2) is 36.7 Å². The Morgan fingerprint density at radius 2 is 2.06 bits per heavy atom. The second kappa shape index (κ2) is 4.46. The van der Waals surface area contributed by atoms with Gasteiger partial charge < -0.3 is 5.11 Å². The fourth-order valence-corrected chi connectivity index (χ4v) is 2.55. The van der Waals surface area contributed by atoms with Gasteiger partial charge >= 0.3 is 0 Å². The first-order valence-corrected chi connectivity index (χ1v) is 6.02. The quantitative estimate of drug-likeness (QED) is 0.876. The molecule has 2 heteroatoms. The van der Waals surface area contributed by atoms with E-state index in [-0.39, 0.29) is 11.5 Å². The molecule has 0 aliphatic rings. The van der Waals surface area contributed by atoms with Crippen molar-refractivity contribution in [2.24, 2.45) is 0 Å². The van der Waals surface area contributed by atoms with Gasteiger partial charge in [-0.3, -0.25) is 4.98 Å². The summed E-state index contributed by atoms with van der Waals surface area (Å²) < 4.78 is 0. The Hall–Kier alpha value is -1.41. The number of hydrogen-bond acceptors (Lipinski definition) is 2. The summed E-state index contributed by atoms with van der Waals surface area (Å²) in [5, 5.41) is 12.0. The van der Waals surface area contributed by atoms with Crippen LogP contribution in [0, 0.1) is 0 Å². The molecule has 0 aliphatic heterocycles. The van der Waals surface area contributed by atoms with Crippen molar-refractivity contribution in [3.8, 4) is 0 Å². The lowest BCUT2D eigenvalue weighted by Crippen LogP contribution is -2.23. The molecule has 0 bridgehead atoms. The molecule has 2 nitrogen and oxygen atoms in total. The summed E-state index contributed by atoms with van der Waals surface area (Å²) in [6.45, 7) is 6.17. The molecule has 17 heavy (non-hydrogen) atoms. The zero-order valence-electron chi connectivity index (χ0n) is 10.6. The number of pyridine rings is 1. The van der Waals surface area contributed by atoms with Gasteiger partial charge in [0.25, 0.3) is 0 Å². The molecule has 1 unspecified atom stereocenters. The van der Waals surface area contributed by atoms with Gasteiger partial charge in [0.1, 0.15) is 0 Å². The van der Waals surface area contributed by atoms with Crippen molar-refractivity contribution < 1.29 is 5.11 Å². The van der Waals surface area contributed by atoms with E-state index in [1.807, 2.05) is 25.4 Å². The number of aliphatic hydroxyl groups is 1. The number of aliphatic hydroxyl groups excluding tert-OH is 1. The predicted octanol–water partition coefficient (Wildman–Crippen LogP) is 3.28. The molecule has 0 aliphatic carbocycles. The third kappa shape index (κ3) is 2.47. The highest BCUT2D eigenvalue weighted by atomic mass is 16.3. The minimum atomic E-state index is -0.295. The second-order valence-corrected chi connectivity index (χ2v) is 5.34. The largest absolute Gasteiger partial charge is 0.393 e. The smallest absolute Gasteiger partial charge is 0.0520 e. The van der Waals surface area contributed by atoms with Crippen molar-refractivity contribution >= 4 is 10.8 Å². The third-order valence-corrected chi connectivity index (χ3v) is 3.22. The van der Waals surface area contributed by atoms with Gasteiger partial charge in [-0.1, -0.05) is 32.0 Å². The molecule has 1 aromatic heterocycles. The van der Waals surface area contributed by atoms with E-state index in [2.05, 4.69) is 37.0 Å². The Labute approximate surface area is 102 Å². The summed E-state index contributed by atoms with van der Waals surface area (Å²) in [4.78, 5) is 4.20. The van der Waals surface area contributed by atoms with Crippen LogP contribution in [0.1, 0.15) is 32.8 Å². The number of rotatable bonds is 3.